The SMILES string of the molecule is CC(=O)SCC1=CC2Cc3ccoc3C(C)(C)C2CC1. The zero-order valence-corrected chi connectivity index (χ0v) is 13.3. The number of thioether (sulfide) groups is 1. The van der Waals surface area contributed by atoms with Gasteiger partial charge in [0, 0.05) is 18.1 Å². The van der Waals surface area contributed by atoms with E-state index in [-0.39, 0.29) is 10.5 Å². The molecule has 108 valence electrons. The molecule has 3 rings (SSSR count). The fourth-order valence-corrected chi connectivity index (χ4v) is 4.58. The molecule has 0 fully saturated rings. The number of carbonyl (C=O) groups is 1. The Bertz CT molecular complexity index is 553. The summed E-state index contributed by atoms with van der Waals surface area (Å²) in [5.74, 6) is 3.32. The summed E-state index contributed by atoms with van der Waals surface area (Å²) in [5.41, 5.74) is 2.94. The Morgan fingerprint density at radius 2 is 2.30 bits per heavy atom. The third-order valence-electron chi connectivity index (χ3n) is 4.92. The molecule has 0 radical (unpaired) electrons. The Labute approximate surface area is 125 Å². The Balaban J connectivity index is 1.84. The molecule has 0 aromatic carbocycles. The molecule has 2 aliphatic rings. The molecule has 20 heavy (non-hydrogen) atoms. The number of rotatable bonds is 2. The van der Waals surface area contributed by atoms with Crippen LogP contribution in [-0.4, -0.2) is 10.9 Å². The van der Waals surface area contributed by atoms with Crippen LogP contribution in [0, 0.1) is 11.8 Å². The summed E-state index contributed by atoms with van der Waals surface area (Å²) in [6.07, 6.45) is 7.71. The van der Waals surface area contributed by atoms with Crippen LogP contribution in [0.4, 0.5) is 0 Å². The summed E-state index contributed by atoms with van der Waals surface area (Å²) < 4.78 is 5.76. The monoisotopic (exact) mass is 290 g/mol. The van der Waals surface area contributed by atoms with Gasteiger partial charge in [0.15, 0.2) is 5.12 Å². The highest BCUT2D eigenvalue weighted by Gasteiger charge is 2.44. The maximum Gasteiger partial charge on any atom is 0.186 e. The average Bonchev–Trinajstić information content (AvgIpc) is 2.85. The van der Waals surface area contributed by atoms with Crippen LogP contribution in [0.3, 0.4) is 0 Å². The van der Waals surface area contributed by atoms with Crippen molar-refractivity contribution in [2.75, 3.05) is 5.75 Å². The van der Waals surface area contributed by atoms with Crippen molar-refractivity contribution in [1.29, 1.82) is 0 Å². The highest BCUT2D eigenvalue weighted by molar-refractivity contribution is 8.13. The van der Waals surface area contributed by atoms with Crippen molar-refractivity contribution in [2.24, 2.45) is 11.8 Å². The molecule has 1 aromatic rings. The lowest BCUT2D eigenvalue weighted by Crippen LogP contribution is -2.40. The molecule has 2 unspecified atom stereocenters. The van der Waals surface area contributed by atoms with Crippen molar-refractivity contribution in [3.05, 3.63) is 35.3 Å². The van der Waals surface area contributed by atoms with Gasteiger partial charge in [-0.15, -0.1) is 0 Å². The standard InChI is InChI=1S/C17H22O2S/c1-11(18)20-10-12-4-5-15-14(8-12)9-13-6-7-19-16(13)17(15,2)3/h6-8,14-15H,4-5,9-10H2,1-3H3. The number of fused-ring (bicyclic) bond motifs is 2. The summed E-state index contributed by atoms with van der Waals surface area (Å²) in [7, 11) is 0. The van der Waals surface area contributed by atoms with E-state index in [1.165, 1.54) is 35.1 Å². The molecule has 3 heteroatoms. The Kier molecular flexibility index (Phi) is 3.57. The third-order valence-corrected chi connectivity index (χ3v) is 5.84. The van der Waals surface area contributed by atoms with Crippen LogP contribution in [0.2, 0.25) is 0 Å². The number of furan rings is 1. The van der Waals surface area contributed by atoms with Crippen LogP contribution in [0.15, 0.2) is 28.4 Å². The molecule has 2 atom stereocenters. The Hall–Kier alpha value is -0.960. The predicted octanol–water partition coefficient (Wildman–Crippen LogP) is 4.35. The van der Waals surface area contributed by atoms with Crippen molar-refractivity contribution < 1.29 is 9.21 Å². The van der Waals surface area contributed by atoms with E-state index in [0.29, 0.717) is 11.8 Å². The van der Waals surface area contributed by atoms with E-state index in [2.05, 4.69) is 26.0 Å². The molecule has 0 spiro atoms. The molecular formula is C17H22O2S. The molecule has 1 heterocycles. The maximum absolute atomic E-state index is 11.1. The number of hydrogen-bond acceptors (Lipinski definition) is 3. The molecule has 0 aliphatic heterocycles. The topological polar surface area (TPSA) is 30.2 Å². The van der Waals surface area contributed by atoms with Gasteiger partial charge in [-0.3, -0.25) is 4.79 Å². The maximum atomic E-state index is 11.1. The summed E-state index contributed by atoms with van der Waals surface area (Å²) in [4.78, 5) is 11.1. The van der Waals surface area contributed by atoms with Crippen molar-refractivity contribution in [2.45, 2.75) is 45.4 Å². The lowest BCUT2D eigenvalue weighted by Gasteiger charge is -2.44. The molecule has 0 bridgehead atoms. The van der Waals surface area contributed by atoms with Crippen LogP contribution in [-0.2, 0) is 16.6 Å². The lowest BCUT2D eigenvalue weighted by molar-refractivity contribution is -0.109. The quantitative estimate of drug-likeness (QED) is 0.759. The van der Waals surface area contributed by atoms with Gasteiger partial charge in [-0.05, 0) is 42.7 Å². The number of carbonyl (C=O) groups excluding carboxylic acids is 1. The van der Waals surface area contributed by atoms with Crippen LogP contribution >= 0.6 is 11.8 Å². The molecular weight excluding hydrogens is 268 g/mol. The second-order valence-corrected chi connectivity index (χ2v) is 7.77. The van der Waals surface area contributed by atoms with E-state index in [9.17, 15) is 4.79 Å². The van der Waals surface area contributed by atoms with Gasteiger partial charge in [-0.25, -0.2) is 0 Å². The smallest absolute Gasteiger partial charge is 0.186 e. The zero-order valence-electron chi connectivity index (χ0n) is 12.4. The Morgan fingerprint density at radius 1 is 1.50 bits per heavy atom. The van der Waals surface area contributed by atoms with E-state index in [1.54, 1.807) is 6.92 Å². The summed E-state index contributed by atoms with van der Waals surface area (Å²) in [6, 6.07) is 2.12. The van der Waals surface area contributed by atoms with Gasteiger partial charge in [-0.1, -0.05) is 37.3 Å². The molecule has 1 aromatic heterocycles. The largest absolute Gasteiger partial charge is 0.468 e. The summed E-state index contributed by atoms with van der Waals surface area (Å²) in [5, 5.41) is 0.217. The van der Waals surface area contributed by atoms with E-state index >= 15 is 0 Å². The second kappa shape index (κ2) is 5.10. The molecule has 0 saturated heterocycles. The van der Waals surface area contributed by atoms with E-state index in [4.69, 9.17) is 4.42 Å². The first-order valence-corrected chi connectivity index (χ1v) is 8.37. The van der Waals surface area contributed by atoms with Gasteiger partial charge in [0.1, 0.15) is 5.76 Å². The van der Waals surface area contributed by atoms with E-state index in [1.807, 2.05) is 6.26 Å². The first-order valence-electron chi connectivity index (χ1n) is 7.38. The highest BCUT2D eigenvalue weighted by atomic mass is 32.2. The third kappa shape index (κ3) is 2.37. The van der Waals surface area contributed by atoms with Crippen LogP contribution in [0.25, 0.3) is 0 Å². The van der Waals surface area contributed by atoms with Crippen molar-refractivity contribution >= 4 is 16.9 Å². The summed E-state index contributed by atoms with van der Waals surface area (Å²) >= 11 is 1.44. The number of allylic oxidation sites excluding steroid dienone is 1. The highest BCUT2D eigenvalue weighted by Crippen LogP contribution is 2.49. The first-order chi connectivity index (χ1) is 9.48. The molecule has 0 saturated carbocycles. The predicted molar refractivity (Wildman–Crippen MR) is 82.9 cm³/mol. The fourth-order valence-electron chi connectivity index (χ4n) is 3.95. The molecule has 0 N–H and O–H groups in total. The Morgan fingerprint density at radius 3 is 3.05 bits per heavy atom. The lowest BCUT2D eigenvalue weighted by atomic mass is 9.60. The fraction of sp³-hybridized carbons (Fsp3) is 0.588. The van der Waals surface area contributed by atoms with Gasteiger partial charge < -0.3 is 4.42 Å². The number of hydrogen-bond donors (Lipinski definition) is 0. The van der Waals surface area contributed by atoms with Crippen LogP contribution in [0.5, 0.6) is 0 Å². The van der Waals surface area contributed by atoms with Gasteiger partial charge in [0.25, 0.3) is 0 Å². The molecule has 2 aliphatic carbocycles. The normalized spacial score (nSPS) is 27.4. The van der Waals surface area contributed by atoms with Crippen molar-refractivity contribution in [1.82, 2.24) is 0 Å². The van der Waals surface area contributed by atoms with Gasteiger partial charge in [0.05, 0.1) is 6.26 Å². The minimum atomic E-state index is 0.123. The second-order valence-electron chi connectivity index (χ2n) is 6.61. The summed E-state index contributed by atoms with van der Waals surface area (Å²) in [6.45, 7) is 6.28. The van der Waals surface area contributed by atoms with Crippen LogP contribution < -0.4 is 0 Å². The van der Waals surface area contributed by atoms with Gasteiger partial charge in [-0.2, -0.15) is 0 Å². The van der Waals surface area contributed by atoms with Crippen LogP contribution in [0.1, 0.15) is 44.9 Å². The van der Waals surface area contributed by atoms with E-state index < -0.39 is 0 Å². The first kappa shape index (κ1) is 14.0. The molecule has 0 amide bonds. The molecule has 2 nitrogen and oxygen atoms in total. The minimum Gasteiger partial charge on any atom is -0.468 e. The zero-order chi connectivity index (χ0) is 14.3. The van der Waals surface area contributed by atoms with E-state index in [0.717, 1.165) is 18.6 Å². The average molecular weight is 290 g/mol. The van der Waals surface area contributed by atoms with Crippen molar-refractivity contribution in [3.63, 3.8) is 0 Å². The van der Waals surface area contributed by atoms with Gasteiger partial charge in [0.2, 0.25) is 0 Å². The minimum absolute atomic E-state index is 0.123. The van der Waals surface area contributed by atoms with Crippen molar-refractivity contribution in [3.8, 4) is 0 Å². The van der Waals surface area contributed by atoms with Gasteiger partial charge >= 0.3 is 0 Å².